The van der Waals surface area contributed by atoms with Gasteiger partial charge in [0.05, 0.1) is 13.7 Å². The maximum atomic E-state index is 11.5. The lowest BCUT2D eigenvalue weighted by atomic mass is 10.2. The number of hydrogen-bond acceptors (Lipinski definition) is 6. The van der Waals surface area contributed by atoms with Crippen molar-refractivity contribution in [2.24, 2.45) is 0 Å². The van der Waals surface area contributed by atoms with Gasteiger partial charge in [-0.15, -0.1) is 0 Å². The third-order valence-electron chi connectivity index (χ3n) is 2.21. The molecule has 0 atom stereocenters. The van der Waals surface area contributed by atoms with E-state index in [-0.39, 0.29) is 29.2 Å². The molecule has 0 aromatic carbocycles. The molecule has 1 N–H and O–H groups in total. The number of fused-ring (bicyclic) bond motifs is 1. The molecule has 0 aliphatic rings. The molecule has 2 aromatic heterocycles. The Balaban J connectivity index is 2.61. The SMILES string of the molecule is CCOC(=O)c1oc2nccc(OC)c2c1O. The molecule has 0 aliphatic heterocycles. The van der Waals surface area contributed by atoms with Gasteiger partial charge < -0.3 is 19.0 Å². The summed E-state index contributed by atoms with van der Waals surface area (Å²) in [5.74, 6) is -0.931. The predicted molar refractivity (Wildman–Crippen MR) is 58.2 cm³/mol. The molecule has 0 amide bonds. The van der Waals surface area contributed by atoms with Crippen LogP contribution in [0.2, 0.25) is 0 Å². The highest BCUT2D eigenvalue weighted by Crippen LogP contribution is 2.37. The highest BCUT2D eigenvalue weighted by atomic mass is 16.5. The summed E-state index contributed by atoms with van der Waals surface area (Å²) in [7, 11) is 1.45. The van der Waals surface area contributed by atoms with Crippen LogP contribution >= 0.6 is 0 Å². The van der Waals surface area contributed by atoms with Gasteiger partial charge in [-0.05, 0) is 13.0 Å². The minimum Gasteiger partial charge on any atom is -0.503 e. The number of aromatic nitrogens is 1. The van der Waals surface area contributed by atoms with Gasteiger partial charge in [-0.3, -0.25) is 0 Å². The highest BCUT2D eigenvalue weighted by molar-refractivity contribution is 5.99. The first-order chi connectivity index (χ1) is 8.19. The van der Waals surface area contributed by atoms with Crippen LogP contribution in [0.25, 0.3) is 11.1 Å². The fourth-order valence-corrected chi connectivity index (χ4v) is 1.48. The smallest absolute Gasteiger partial charge is 0.378 e. The van der Waals surface area contributed by atoms with Crippen molar-refractivity contribution in [2.45, 2.75) is 6.92 Å². The van der Waals surface area contributed by atoms with Gasteiger partial charge in [0.1, 0.15) is 11.1 Å². The average molecular weight is 237 g/mol. The minimum absolute atomic E-state index is 0.130. The van der Waals surface area contributed by atoms with Crippen LogP contribution in [0, 0.1) is 0 Å². The monoisotopic (exact) mass is 237 g/mol. The van der Waals surface area contributed by atoms with E-state index in [1.807, 2.05) is 0 Å². The normalized spacial score (nSPS) is 10.5. The molecule has 0 saturated carbocycles. The molecule has 2 rings (SSSR count). The first-order valence-electron chi connectivity index (χ1n) is 5.00. The van der Waals surface area contributed by atoms with E-state index in [1.165, 1.54) is 13.3 Å². The number of furan rings is 1. The number of carbonyl (C=O) groups is 1. The largest absolute Gasteiger partial charge is 0.503 e. The average Bonchev–Trinajstić information content (AvgIpc) is 2.67. The van der Waals surface area contributed by atoms with Gasteiger partial charge in [-0.1, -0.05) is 0 Å². The van der Waals surface area contributed by atoms with Crippen LogP contribution < -0.4 is 4.74 Å². The molecule has 0 unspecified atom stereocenters. The Morgan fingerprint density at radius 1 is 1.59 bits per heavy atom. The lowest BCUT2D eigenvalue weighted by Gasteiger charge is -1.99. The molecule has 0 bridgehead atoms. The van der Waals surface area contributed by atoms with Crippen LogP contribution in [-0.4, -0.2) is 29.8 Å². The number of esters is 1. The van der Waals surface area contributed by atoms with Gasteiger partial charge in [0, 0.05) is 6.20 Å². The second-order valence-corrected chi connectivity index (χ2v) is 3.19. The van der Waals surface area contributed by atoms with Crippen LogP contribution in [0.1, 0.15) is 17.5 Å². The zero-order valence-electron chi connectivity index (χ0n) is 9.39. The van der Waals surface area contributed by atoms with Crippen molar-refractivity contribution < 1.29 is 23.8 Å². The first kappa shape index (κ1) is 11.3. The maximum Gasteiger partial charge on any atom is 0.378 e. The van der Waals surface area contributed by atoms with E-state index in [0.29, 0.717) is 5.75 Å². The lowest BCUT2D eigenvalue weighted by molar-refractivity contribution is 0.0488. The van der Waals surface area contributed by atoms with E-state index in [2.05, 4.69) is 4.98 Å². The van der Waals surface area contributed by atoms with E-state index in [9.17, 15) is 9.90 Å². The van der Waals surface area contributed by atoms with Crippen molar-refractivity contribution >= 4 is 17.1 Å². The first-order valence-corrected chi connectivity index (χ1v) is 5.00. The molecule has 2 heterocycles. The van der Waals surface area contributed by atoms with E-state index >= 15 is 0 Å². The van der Waals surface area contributed by atoms with E-state index in [1.54, 1.807) is 13.0 Å². The molecule has 17 heavy (non-hydrogen) atoms. The van der Waals surface area contributed by atoms with Crippen molar-refractivity contribution in [1.29, 1.82) is 0 Å². The quantitative estimate of drug-likeness (QED) is 0.818. The van der Waals surface area contributed by atoms with E-state index in [4.69, 9.17) is 13.9 Å². The fourth-order valence-electron chi connectivity index (χ4n) is 1.48. The summed E-state index contributed by atoms with van der Waals surface area (Å²) in [6.07, 6.45) is 1.46. The number of aromatic hydroxyl groups is 1. The molecule has 0 aliphatic carbocycles. The van der Waals surface area contributed by atoms with Crippen LogP contribution in [0.4, 0.5) is 0 Å². The van der Waals surface area contributed by atoms with Crippen LogP contribution in [0.5, 0.6) is 11.5 Å². The van der Waals surface area contributed by atoms with E-state index in [0.717, 1.165) is 0 Å². The second kappa shape index (κ2) is 4.32. The Morgan fingerprint density at radius 2 is 2.35 bits per heavy atom. The van der Waals surface area contributed by atoms with Crippen molar-refractivity contribution in [2.75, 3.05) is 13.7 Å². The molecule has 90 valence electrons. The van der Waals surface area contributed by atoms with Crippen LogP contribution in [-0.2, 0) is 4.74 Å². The molecule has 0 spiro atoms. The van der Waals surface area contributed by atoms with Gasteiger partial charge in [-0.2, -0.15) is 0 Å². The summed E-state index contributed by atoms with van der Waals surface area (Å²) >= 11 is 0. The maximum absolute atomic E-state index is 11.5. The molecular weight excluding hydrogens is 226 g/mol. The molecule has 2 aromatic rings. The van der Waals surface area contributed by atoms with Gasteiger partial charge >= 0.3 is 5.97 Å². The number of pyridine rings is 1. The standard InChI is InChI=1S/C11H11NO5/c1-3-16-11(14)9-8(13)7-6(15-2)4-5-12-10(7)17-9/h4-5,13H,3H2,1-2H3. The molecule has 6 nitrogen and oxygen atoms in total. The van der Waals surface area contributed by atoms with Crippen LogP contribution in [0.15, 0.2) is 16.7 Å². The summed E-state index contributed by atoms with van der Waals surface area (Å²) in [4.78, 5) is 15.4. The summed E-state index contributed by atoms with van der Waals surface area (Å²) in [5, 5.41) is 10.1. The number of rotatable bonds is 3. The number of carbonyl (C=O) groups excluding carboxylic acids is 1. The van der Waals surface area contributed by atoms with Crippen molar-refractivity contribution in [3.8, 4) is 11.5 Å². The summed E-state index contributed by atoms with van der Waals surface area (Å²) in [6.45, 7) is 1.86. The Kier molecular flexibility index (Phi) is 2.86. The Morgan fingerprint density at radius 3 is 3.00 bits per heavy atom. The van der Waals surface area contributed by atoms with Gasteiger partial charge in [0.25, 0.3) is 5.76 Å². The Hall–Kier alpha value is -2.24. The van der Waals surface area contributed by atoms with Crippen molar-refractivity contribution in [3.05, 3.63) is 18.0 Å². The summed E-state index contributed by atoms with van der Waals surface area (Å²) in [6, 6.07) is 1.56. The summed E-state index contributed by atoms with van der Waals surface area (Å²) in [5.41, 5.74) is 0.130. The van der Waals surface area contributed by atoms with E-state index < -0.39 is 5.97 Å². The van der Waals surface area contributed by atoms with Crippen molar-refractivity contribution in [3.63, 3.8) is 0 Å². The zero-order chi connectivity index (χ0) is 12.4. The predicted octanol–water partition coefficient (Wildman–Crippen LogP) is 1.72. The third kappa shape index (κ3) is 1.77. The number of methoxy groups -OCH3 is 1. The molecular formula is C11H11NO5. The summed E-state index contributed by atoms with van der Waals surface area (Å²) < 4.78 is 14.9. The van der Waals surface area contributed by atoms with Gasteiger partial charge in [0.2, 0.25) is 5.71 Å². The third-order valence-corrected chi connectivity index (χ3v) is 2.21. The minimum atomic E-state index is -0.731. The number of nitrogens with zero attached hydrogens (tertiary/aromatic N) is 1. The van der Waals surface area contributed by atoms with Crippen LogP contribution in [0.3, 0.4) is 0 Å². The Labute approximate surface area is 96.8 Å². The molecule has 0 saturated heterocycles. The molecule has 6 heteroatoms. The fraction of sp³-hybridized carbons (Fsp3) is 0.273. The van der Waals surface area contributed by atoms with Gasteiger partial charge in [-0.25, -0.2) is 9.78 Å². The Bertz CT molecular complexity index is 560. The number of hydrogen-bond donors (Lipinski definition) is 1. The van der Waals surface area contributed by atoms with Gasteiger partial charge in [0.15, 0.2) is 5.75 Å². The molecule has 0 radical (unpaired) electrons. The second-order valence-electron chi connectivity index (χ2n) is 3.19. The van der Waals surface area contributed by atoms with Crippen molar-refractivity contribution in [1.82, 2.24) is 4.98 Å². The lowest BCUT2D eigenvalue weighted by Crippen LogP contribution is -2.03. The molecule has 0 fully saturated rings. The highest BCUT2D eigenvalue weighted by Gasteiger charge is 2.24. The number of ether oxygens (including phenoxy) is 2. The topological polar surface area (TPSA) is 81.8 Å². The zero-order valence-corrected chi connectivity index (χ0v) is 9.39.